The number of amides is 4. The number of pyridine rings is 2. The summed E-state index contributed by atoms with van der Waals surface area (Å²) in [6.07, 6.45) is 7.13. The first-order valence-electron chi connectivity index (χ1n) is 10.0. The molecule has 1 saturated heterocycles. The van der Waals surface area contributed by atoms with E-state index in [-0.39, 0.29) is 35.5 Å². The average Bonchev–Trinajstić information content (AvgIpc) is 3.48. The van der Waals surface area contributed by atoms with Crippen LogP contribution in [0, 0.1) is 0 Å². The normalized spacial score (nSPS) is 16.3. The van der Waals surface area contributed by atoms with Gasteiger partial charge in [-0.2, -0.15) is 0 Å². The van der Waals surface area contributed by atoms with Crippen molar-refractivity contribution < 1.29 is 19.5 Å². The van der Waals surface area contributed by atoms with Crippen LogP contribution in [0.2, 0.25) is 5.15 Å². The summed E-state index contributed by atoms with van der Waals surface area (Å²) < 4.78 is 1.79. The van der Waals surface area contributed by atoms with E-state index in [1.54, 1.807) is 10.6 Å². The number of anilines is 2. The van der Waals surface area contributed by atoms with E-state index in [4.69, 9.17) is 11.6 Å². The van der Waals surface area contributed by atoms with Crippen molar-refractivity contribution in [1.29, 1.82) is 0 Å². The number of carbonyl (C=O) groups is 3. The van der Waals surface area contributed by atoms with E-state index in [0.717, 1.165) is 23.3 Å². The number of nitrogens with one attached hydrogen (secondary N) is 1. The summed E-state index contributed by atoms with van der Waals surface area (Å²) in [5.41, 5.74) is 2.72. The van der Waals surface area contributed by atoms with Gasteiger partial charge in [0, 0.05) is 25.6 Å². The topological polar surface area (TPSA) is 120 Å². The van der Waals surface area contributed by atoms with Crippen molar-refractivity contribution in [3.63, 3.8) is 0 Å². The Morgan fingerprint density at radius 2 is 2.09 bits per heavy atom. The van der Waals surface area contributed by atoms with Crippen LogP contribution in [0.25, 0.3) is 5.65 Å². The minimum absolute atomic E-state index is 0.0517. The van der Waals surface area contributed by atoms with Crippen molar-refractivity contribution in [3.8, 4) is 5.75 Å². The second-order valence-electron chi connectivity index (χ2n) is 7.94. The molecule has 0 spiro atoms. The predicted octanol–water partition coefficient (Wildman–Crippen LogP) is 2.55. The standard InChI is InChI=1S/C21H19ClN6O4/c1-26-17(30)10-28(21(26)32)15-6-12(11-2-3-11)8-27-9-13(24-20(15)27)7-16(29)25-14-4-5-23-19(22)18(14)31/h4-6,8-9,11,31H,2-3,7,10H2,1H3,(H,23,25,29). The van der Waals surface area contributed by atoms with Gasteiger partial charge in [-0.15, -0.1) is 0 Å². The third-order valence-electron chi connectivity index (χ3n) is 5.62. The lowest BCUT2D eigenvalue weighted by Crippen LogP contribution is -2.30. The first-order chi connectivity index (χ1) is 15.3. The van der Waals surface area contributed by atoms with Gasteiger partial charge < -0.3 is 14.8 Å². The molecule has 2 aliphatic rings. The quantitative estimate of drug-likeness (QED) is 0.451. The Bertz CT molecular complexity index is 1280. The number of aromatic nitrogens is 3. The second kappa shape index (κ2) is 7.49. The molecule has 0 atom stereocenters. The number of hydrogen-bond acceptors (Lipinski definition) is 6. The summed E-state index contributed by atoms with van der Waals surface area (Å²) in [7, 11) is 1.45. The summed E-state index contributed by atoms with van der Waals surface area (Å²) in [5, 5.41) is 12.4. The number of nitrogens with zero attached hydrogens (tertiary/aromatic N) is 5. The number of aromatic hydroxyl groups is 1. The van der Waals surface area contributed by atoms with Crippen LogP contribution in [0.15, 0.2) is 30.7 Å². The van der Waals surface area contributed by atoms with Gasteiger partial charge in [-0.1, -0.05) is 11.6 Å². The number of likely N-dealkylation sites (N-methyl/N-ethyl adjacent to an activating group) is 1. The SMILES string of the molecule is CN1C(=O)CN(c2cc(C3CC3)cn3cc(CC(=O)Nc4ccnc(Cl)c4O)nc23)C1=O. The smallest absolute Gasteiger partial charge is 0.331 e. The molecule has 0 bridgehead atoms. The third-order valence-corrected chi connectivity index (χ3v) is 5.90. The van der Waals surface area contributed by atoms with Crippen LogP contribution < -0.4 is 10.2 Å². The zero-order chi connectivity index (χ0) is 22.6. The molecule has 0 radical (unpaired) electrons. The lowest BCUT2D eigenvalue weighted by molar-refractivity contribution is -0.124. The van der Waals surface area contributed by atoms with Gasteiger partial charge in [0.05, 0.1) is 23.5 Å². The number of imidazole rings is 1. The molecule has 0 aromatic carbocycles. The third kappa shape index (κ3) is 3.52. The van der Waals surface area contributed by atoms with Gasteiger partial charge in [-0.25, -0.2) is 14.8 Å². The number of fused-ring (bicyclic) bond motifs is 1. The van der Waals surface area contributed by atoms with Crippen LogP contribution >= 0.6 is 11.6 Å². The van der Waals surface area contributed by atoms with Gasteiger partial charge in [0.15, 0.2) is 16.5 Å². The minimum atomic E-state index is -0.405. The fourth-order valence-electron chi connectivity index (χ4n) is 3.75. The summed E-state index contributed by atoms with van der Waals surface area (Å²) in [6.45, 7) is -0.0517. The van der Waals surface area contributed by atoms with Crippen molar-refractivity contribution in [2.24, 2.45) is 0 Å². The van der Waals surface area contributed by atoms with E-state index in [1.165, 1.54) is 24.2 Å². The minimum Gasteiger partial charge on any atom is -0.503 e. The highest BCUT2D eigenvalue weighted by atomic mass is 35.5. The summed E-state index contributed by atoms with van der Waals surface area (Å²) in [6, 6.07) is 2.94. The van der Waals surface area contributed by atoms with Crippen molar-refractivity contribution in [2.75, 3.05) is 23.8 Å². The second-order valence-corrected chi connectivity index (χ2v) is 8.30. The van der Waals surface area contributed by atoms with E-state index < -0.39 is 11.9 Å². The van der Waals surface area contributed by atoms with Crippen molar-refractivity contribution in [3.05, 3.63) is 47.1 Å². The zero-order valence-electron chi connectivity index (χ0n) is 17.1. The maximum absolute atomic E-state index is 12.6. The molecule has 2 N–H and O–H groups in total. The Morgan fingerprint density at radius 1 is 1.31 bits per heavy atom. The van der Waals surface area contributed by atoms with E-state index in [1.807, 2.05) is 12.3 Å². The molecular weight excluding hydrogens is 436 g/mol. The predicted molar refractivity (Wildman–Crippen MR) is 116 cm³/mol. The van der Waals surface area contributed by atoms with Gasteiger partial charge in [0.2, 0.25) is 11.8 Å². The average molecular weight is 455 g/mol. The first-order valence-corrected chi connectivity index (χ1v) is 10.4. The molecular formula is C21H19ClN6O4. The van der Waals surface area contributed by atoms with Gasteiger partial charge in [-0.3, -0.25) is 19.4 Å². The van der Waals surface area contributed by atoms with Crippen molar-refractivity contribution in [2.45, 2.75) is 25.2 Å². The van der Waals surface area contributed by atoms with Crippen molar-refractivity contribution in [1.82, 2.24) is 19.3 Å². The fraction of sp³-hybridized carbons (Fsp3) is 0.286. The first kappa shape index (κ1) is 20.3. The Hall–Kier alpha value is -3.66. The van der Waals surface area contributed by atoms with Crippen LogP contribution in [0.1, 0.15) is 30.0 Å². The number of urea groups is 1. The molecule has 164 valence electrons. The van der Waals surface area contributed by atoms with E-state index in [0.29, 0.717) is 22.9 Å². The molecule has 4 amide bonds. The summed E-state index contributed by atoms with van der Waals surface area (Å²) in [4.78, 5) is 48.0. The number of rotatable bonds is 5. The molecule has 1 aliphatic heterocycles. The number of hydrogen-bond donors (Lipinski definition) is 2. The zero-order valence-corrected chi connectivity index (χ0v) is 17.8. The maximum Gasteiger partial charge on any atom is 0.331 e. The van der Waals surface area contributed by atoms with Crippen LogP contribution in [0.5, 0.6) is 5.75 Å². The van der Waals surface area contributed by atoms with E-state index >= 15 is 0 Å². The van der Waals surface area contributed by atoms with Crippen LogP contribution in [0.3, 0.4) is 0 Å². The van der Waals surface area contributed by atoms with Gasteiger partial charge in [-0.05, 0) is 36.5 Å². The van der Waals surface area contributed by atoms with Gasteiger partial charge >= 0.3 is 6.03 Å². The molecule has 1 saturated carbocycles. The van der Waals surface area contributed by atoms with Gasteiger partial charge in [0.25, 0.3) is 0 Å². The Kier molecular flexibility index (Phi) is 4.74. The molecule has 0 unspecified atom stereocenters. The highest BCUT2D eigenvalue weighted by Crippen LogP contribution is 2.42. The van der Waals surface area contributed by atoms with E-state index in [2.05, 4.69) is 15.3 Å². The molecule has 11 heteroatoms. The maximum atomic E-state index is 12.6. The number of halogens is 1. The Labute approximate surface area is 187 Å². The molecule has 3 aromatic rings. The number of carbonyl (C=O) groups excluding carboxylic acids is 3. The van der Waals surface area contributed by atoms with Crippen LogP contribution in [-0.4, -0.2) is 55.8 Å². The lowest BCUT2D eigenvalue weighted by Gasteiger charge is -2.17. The van der Waals surface area contributed by atoms with Crippen molar-refractivity contribution >= 4 is 46.5 Å². The highest BCUT2D eigenvalue weighted by molar-refractivity contribution is 6.31. The fourth-order valence-corrected chi connectivity index (χ4v) is 3.91. The highest BCUT2D eigenvalue weighted by Gasteiger charge is 2.36. The summed E-state index contributed by atoms with van der Waals surface area (Å²) in [5.74, 6) is -0.581. The number of imide groups is 1. The van der Waals surface area contributed by atoms with Crippen LogP contribution in [0.4, 0.5) is 16.2 Å². The van der Waals surface area contributed by atoms with Gasteiger partial charge in [0.1, 0.15) is 6.54 Å². The molecule has 10 nitrogen and oxygen atoms in total. The molecule has 1 aliphatic carbocycles. The Morgan fingerprint density at radius 3 is 2.78 bits per heavy atom. The summed E-state index contributed by atoms with van der Waals surface area (Å²) >= 11 is 5.78. The van der Waals surface area contributed by atoms with E-state index in [9.17, 15) is 19.5 Å². The molecule has 3 aromatic heterocycles. The lowest BCUT2D eigenvalue weighted by atomic mass is 10.1. The Balaban J connectivity index is 1.46. The monoisotopic (exact) mass is 454 g/mol. The largest absolute Gasteiger partial charge is 0.503 e. The molecule has 4 heterocycles. The van der Waals surface area contributed by atoms with Crippen LogP contribution in [-0.2, 0) is 16.0 Å². The molecule has 5 rings (SSSR count). The molecule has 32 heavy (non-hydrogen) atoms. The molecule has 2 fully saturated rings.